The molecule has 0 radical (unpaired) electrons. The van der Waals surface area contributed by atoms with Crippen molar-refractivity contribution in [3.63, 3.8) is 0 Å². The molecule has 0 saturated carbocycles. The molecule has 0 bridgehead atoms. The first-order valence-corrected chi connectivity index (χ1v) is 18.5. The predicted molar refractivity (Wildman–Crippen MR) is 194 cm³/mol. The summed E-state index contributed by atoms with van der Waals surface area (Å²) in [5, 5.41) is 17.6. The molecule has 18 nitrogen and oxygen atoms in total. The Morgan fingerprint density at radius 3 is 2.09 bits per heavy atom. The van der Waals surface area contributed by atoms with Crippen molar-refractivity contribution in [2.24, 2.45) is 11.8 Å². The highest BCUT2D eigenvalue weighted by atomic mass is 31.2. The van der Waals surface area contributed by atoms with Gasteiger partial charge in [-0.15, -0.1) is 0 Å². The molecule has 1 amide bonds. The number of aromatic nitrogens is 3. The van der Waals surface area contributed by atoms with E-state index in [9.17, 15) is 29.0 Å². The quantitative estimate of drug-likeness (QED) is 0.106. The van der Waals surface area contributed by atoms with Gasteiger partial charge in [0.15, 0.2) is 18.0 Å². The summed E-state index contributed by atoms with van der Waals surface area (Å²) in [5.74, 6) is -4.04. The highest BCUT2D eigenvalue weighted by Gasteiger charge is 2.53. The van der Waals surface area contributed by atoms with E-state index < -0.39 is 74.1 Å². The van der Waals surface area contributed by atoms with Gasteiger partial charge >= 0.3 is 25.7 Å². The Bertz CT molecular complexity index is 1890. The number of benzene rings is 1. The van der Waals surface area contributed by atoms with E-state index in [1.165, 1.54) is 46.7 Å². The maximum Gasteiger partial charge on any atom is 0.459 e. The third-order valence-corrected chi connectivity index (χ3v) is 9.38. The van der Waals surface area contributed by atoms with Crippen LogP contribution >= 0.6 is 7.75 Å². The fraction of sp³-hybridized carbons (Fsp3) is 0.514. The molecular formula is C35H48N7O11P. The smallest absolute Gasteiger partial charge is 0.459 e. The molecule has 294 valence electrons. The van der Waals surface area contributed by atoms with Crippen molar-refractivity contribution < 1.29 is 51.7 Å². The van der Waals surface area contributed by atoms with Gasteiger partial charge in [0, 0.05) is 26.8 Å². The van der Waals surface area contributed by atoms with Crippen LogP contribution in [0, 0.1) is 23.2 Å². The third-order valence-electron chi connectivity index (χ3n) is 7.76. The van der Waals surface area contributed by atoms with Gasteiger partial charge in [-0.25, -0.2) is 14.1 Å². The maximum atomic E-state index is 14.6. The average Bonchev–Trinajstić information content (AvgIpc) is 3.55. The molecule has 54 heavy (non-hydrogen) atoms. The van der Waals surface area contributed by atoms with E-state index in [1.54, 1.807) is 61.7 Å². The molecule has 1 aromatic carbocycles. The van der Waals surface area contributed by atoms with Gasteiger partial charge in [-0.3, -0.25) is 23.7 Å². The number of rotatable bonds is 18. The molecule has 5 atom stereocenters. The third kappa shape index (κ3) is 10.5. The van der Waals surface area contributed by atoms with Crippen LogP contribution in [0.5, 0.6) is 5.75 Å². The molecule has 1 unspecified atom stereocenters. The summed E-state index contributed by atoms with van der Waals surface area (Å²) in [7, 11) is -0.443. The number of hydrogen-bond acceptors (Lipinski definition) is 15. The van der Waals surface area contributed by atoms with E-state index in [0.29, 0.717) is 11.1 Å². The lowest BCUT2D eigenvalue weighted by atomic mass is 9.92. The molecule has 0 aliphatic heterocycles. The first kappa shape index (κ1) is 43.3. The Morgan fingerprint density at radius 1 is 0.944 bits per heavy atom. The molecule has 3 N–H and O–H groups in total. The molecule has 0 spiro atoms. The number of nitriles is 1. The normalized spacial score (nSPS) is 15.4. The van der Waals surface area contributed by atoms with E-state index in [0.717, 1.165) is 13.4 Å². The predicted octanol–water partition coefficient (Wildman–Crippen LogP) is 3.86. The van der Waals surface area contributed by atoms with Gasteiger partial charge in [0.05, 0.1) is 23.6 Å². The molecule has 19 heteroatoms. The van der Waals surface area contributed by atoms with Crippen LogP contribution in [0.25, 0.3) is 5.52 Å². The number of carbonyl (C=O) groups excluding carboxylic acids is 4. The fourth-order valence-electron chi connectivity index (χ4n) is 4.74. The molecule has 3 rings (SSSR count). The first-order chi connectivity index (χ1) is 25.3. The maximum absolute atomic E-state index is 14.6. The number of hydrogen-bond donors (Lipinski definition) is 2. The summed E-state index contributed by atoms with van der Waals surface area (Å²) in [6.45, 7) is 9.91. The molecule has 3 aromatic rings. The van der Waals surface area contributed by atoms with Gasteiger partial charge in [-0.2, -0.15) is 15.4 Å². The SMILES string of the molecule is CO[C@](C#N)(COP(=O)(N[C@@H](C)C(=O)OC(C)C)Oc1ccc(C(=O)N(C)C)cc1)[C@@H](OC(=O)C(C)C)[C@@H](OC(=O)C(C)C)c1ccc2c(N)ncnn12. The number of esters is 3. The Morgan fingerprint density at radius 2 is 1.56 bits per heavy atom. The van der Waals surface area contributed by atoms with Crippen LogP contribution in [-0.2, 0) is 42.4 Å². The van der Waals surface area contributed by atoms with E-state index in [-0.39, 0.29) is 23.2 Å². The number of nitrogens with zero attached hydrogens (tertiary/aromatic N) is 5. The number of carbonyl (C=O) groups is 4. The lowest BCUT2D eigenvalue weighted by molar-refractivity contribution is -0.197. The number of ether oxygens (including phenoxy) is 4. The summed E-state index contributed by atoms with van der Waals surface area (Å²) in [5.41, 5.74) is 4.41. The van der Waals surface area contributed by atoms with E-state index in [1.807, 2.05) is 6.07 Å². The van der Waals surface area contributed by atoms with Gasteiger partial charge < -0.3 is 34.1 Å². The Kier molecular flexibility index (Phi) is 14.7. The van der Waals surface area contributed by atoms with Crippen molar-refractivity contribution in [2.75, 3.05) is 33.5 Å². The zero-order valence-electron chi connectivity index (χ0n) is 32.0. The number of nitrogen functional groups attached to an aromatic ring is 1. The second-order valence-corrected chi connectivity index (χ2v) is 15.0. The number of nitrogens with two attached hydrogens (primary N) is 1. The molecular weight excluding hydrogens is 725 g/mol. The van der Waals surface area contributed by atoms with Crippen molar-refractivity contribution in [3.8, 4) is 11.8 Å². The minimum atomic E-state index is -4.72. The molecule has 2 aromatic heterocycles. The molecule has 0 fully saturated rings. The summed E-state index contributed by atoms with van der Waals surface area (Å²) < 4.78 is 50.4. The highest BCUT2D eigenvalue weighted by Crippen LogP contribution is 2.47. The number of amides is 1. The summed E-state index contributed by atoms with van der Waals surface area (Å²) in [6, 6.07) is 9.30. The number of methoxy groups -OCH3 is 1. The average molecular weight is 774 g/mol. The zero-order chi connectivity index (χ0) is 40.5. The zero-order valence-corrected chi connectivity index (χ0v) is 32.9. The van der Waals surface area contributed by atoms with E-state index in [4.69, 9.17) is 33.7 Å². The molecule has 2 heterocycles. The topological polar surface area (TPSA) is 236 Å². The van der Waals surface area contributed by atoms with Gasteiger partial charge in [-0.1, -0.05) is 27.7 Å². The van der Waals surface area contributed by atoms with E-state index in [2.05, 4.69) is 15.2 Å². The molecule has 0 saturated heterocycles. The van der Waals surface area contributed by atoms with E-state index >= 15 is 0 Å². The van der Waals surface area contributed by atoms with Crippen LogP contribution in [0.2, 0.25) is 0 Å². The number of nitrogens with one attached hydrogen (secondary N) is 1. The monoisotopic (exact) mass is 773 g/mol. The lowest BCUT2D eigenvalue weighted by Crippen LogP contribution is -2.54. The van der Waals surface area contributed by atoms with Gasteiger partial charge in [0.25, 0.3) is 5.91 Å². The minimum absolute atomic E-state index is 0.0472. The fourth-order valence-corrected chi connectivity index (χ4v) is 6.26. The summed E-state index contributed by atoms with van der Waals surface area (Å²) in [4.78, 5) is 57.2. The van der Waals surface area contributed by atoms with Crippen LogP contribution in [0.4, 0.5) is 5.82 Å². The largest absolute Gasteiger partial charge is 0.462 e. The molecule has 0 aliphatic rings. The van der Waals surface area contributed by atoms with Crippen LogP contribution in [-0.4, -0.2) is 95.0 Å². The van der Waals surface area contributed by atoms with Crippen molar-refractivity contribution in [2.45, 2.75) is 78.4 Å². The summed E-state index contributed by atoms with van der Waals surface area (Å²) >= 11 is 0. The van der Waals surface area contributed by atoms with Crippen molar-refractivity contribution in [1.82, 2.24) is 24.6 Å². The van der Waals surface area contributed by atoms with Gasteiger partial charge in [-0.05, 0) is 57.2 Å². The molecule has 0 aliphatic carbocycles. The van der Waals surface area contributed by atoms with Crippen LogP contribution < -0.4 is 15.3 Å². The first-order valence-electron chi connectivity index (χ1n) is 17.0. The Labute approximate surface area is 313 Å². The standard InChI is InChI=1S/C35H48N7O11P/c1-20(2)32(44)51-28(26-15-16-27-30(37)38-19-39-42(26)27)29(52-33(45)21(3)4)35(17-36,48-10)18-49-54(47,40-23(7)34(46)50-22(5)6)53-25-13-11-24(12-14-25)31(43)41(8)9/h11-16,19-23,28-29H,18H2,1-10H3,(H,40,47)(H2,37,38,39)/t23-,28-,29-,35+,54?/m0/s1. The van der Waals surface area contributed by atoms with Crippen molar-refractivity contribution in [3.05, 3.63) is 54.0 Å². The Hall–Kier alpha value is -5.08. The second kappa shape index (κ2) is 18.3. The van der Waals surface area contributed by atoms with Crippen LogP contribution in [0.3, 0.4) is 0 Å². The number of anilines is 1. The minimum Gasteiger partial charge on any atom is -0.462 e. The summed E-state index contributed by atoms with van der Waals surface area (Å²) in [6.07, 6.45) is -2.77. The van der Waals surface area contributed by atoms with Crippen molar-refractivity contribution in [1.29, 1.82) is 5.26 Å². The highest BCUT2D eigenvalue weighted by molar-refractivity contribution is 7.52. The number of fused-ring (bicyclic) bond motifs is 1. The van der Waals surface area contributed by atoms with Crippen LogP contribution in [0.15, 0.2) is 42.7 Å². The van der Waals surface area contributed by atoms with Crippen LogP contribution in [0.1, 0.15) is 70.6 Å². The second-order valence-electron chi connectivity index (χ2n) is 13.4. The van der Waals surface area contributed by atoms with Gasteiger partial charge in [0.2, 0.25) is 5.60 Å². The lowest BCUT2D eigenvalue weighted by Gasteiger charge is -2.38. The van der Waals surface area contributed by atoms with Gasteiger partial charge in [0.1, 0.15) is 36.3 Å². The Balaban J connectivity index is 2.18. The van der Waals surface area contributed by atoms with Crippen molar-refractivity contribution >= 4 is 42.9 Å².